The summed E-state index contributed by atoms with van der Waals surface area (Å²) in [4.78, 5) is 12.3. The van der Waals surface area contributed by atoms with Gasteiger partial charge in [-0.25, -0.2) is 0 Å². The van der Waals surface area contributed by atoms with E-state index < -0.39 is 17.9 Å². The number of benzene rings is 2. The summed E-state index contributed by atoms with van der Waals surface area (Å²) in [5.41, 5.74) is -0.0600. The van der Waals surface area contributed by atoms with E-state index in [9.17, 15) is 23.2 Å². The summed E-state index contributed by atoms with van der Waals surface area (Å²) in [7, 11) is 0. The maximum absolute atomic E-state index is 12.3. The van der Waals surface area contributed by atoms with E-state index in [0.29, 0.717) is 4.74 Å². The number of hydrogen-bond donors (Lipinski definition) is 0. The molecule has 0 aromatic heterocycles. The lowest BCUT2D eigenvalue weighted by atomic mass is 10.0. The van der Waals surface area contributed by atoms with Gasteiger partial charge in [-0.3, -0.25) is 4.79 Å². The van der Waals surface area contributed by atoms with Crippen molar-refractivity contribution in [2.75, 3.05) is 0 Å². The van der Waals surface area contributed by atoms with Crippen LogP contribution < -0.4 is 4.74 Å². The largest absolute Gasteiger partial charge is 0.618 e. The van der Waals surface area contributed by atoms with Crippen molar-refractivity contribution in [3.05, 3.63) is 63.8 Å². The van der Waals surface area contributed by atoms with Gasteiger partial charge in [-0.15, -0.1) is 13.2 Å². The van der Waals surface area contributed by atoms with Gasteiger partial charge in [0.1, 0.15) is 11.3 Å². The molecular weight excluding hydrogens is 335 g/mol. The van der Waals surface area contributed by atoms with Gasteiger partial charge in [0.2, 0.25) is 5.69 Å². The average Bonchev–Trinajstić information content (AvgIpc) is 2.69. The van der Waals surface area contributed by atoms with E-state index >= 15 is 0 Å². The van der Waals surface area contributed by atoms with Crippen molar-refractivity contribution >= 4 is 28.8 Å². The van der Waals surface area contributed by atoms with Crippen molar-refractivity contribution in [3.8, 4) is 5.75 Å². The first-order chi connectivity index (χ1) is 10.8. The lowest BCUT2D eigenvalue weighted by Crippen LogP contribution is -2.19. The van der Waals surface area contributed by atoms with Crippen LogP contribution >= 0.6 is 11.6 Å². The molecule has 23 heavy (non-hydrogen) atoms. The van der Waals surface area contributed by atoms with Crippen LogP contribution in [0.2, 0.25) is 5.02 Å². The SMILES string of the molecule is O=C1C(c2cccc(OC(F)(F)F)c2)=[N+]([O-])c2cc(Cl)ccc21. The number of alkyl halides is 3. The Morgan fingerprint density at radius 2 is 1.87 bits per heavy atom. The van der Waals surface area contributed by atoms with E-state index in [-0.39, 0.29) is 27.5 Å². The predicted octanol–water partition coefficient (Wildman–Crippen LogP) is 4.07. The molecule has 118 valence electrons. The molecule has 8 heteroatoms. The summed E-state index contributed by atoms with van der Waals surface area (Å²) in [6.07, 6.45) is -4.86. The molecule has 2 aromatic rings. The molecule has 0 radical (unpaired) electrons. The summed E-state index contributed by atoms with van der Waals surface area (Å²) in [6.45, 7) is 0. The summed E-state index contributed by atoms with van der Waals surface area (Å²) in [6, 6.07) is 8.86. The number of hydrogen-bond acceptors (Lipinski definition) is 3. The van der Waals surface area contributed by atoms with Crippen LogP contribution in [-0.2, 0) is 0 Å². The molecule has 1 heterocycles. The molecule has 3 rings (SSSR count). The highest BCUT2D eigenvalue weighted by Crippen LogP contribution is 2.32. The van der Waals surface area contributed by atoms with Gasteiger partial charge < -0.3 is 9.94 Å². The third-order valence-corrected chi connectivity index (χ3v) is 3.42. The molecule has 0 fully saturated rings. The maximum Gasteiger partial charge on any atom is 0.573 e. The summed E-state index contributed by atoms with van der Waals surface area (Å²) in [5, 5.41) is 12.6. The maximum atomic E-state index is 12.3. The minimum absolute atomic E-state index is 0.0269. The number of ether oxygens (including phenoxy) is 1. The number of carbonyl (C=O) groups excluding carboxylic acids is 1. The summed E-state index contributed by atoms with van der Waals surface area (Å²) < 4.78 is 41.0. The zero-order valence-corrected chi connectivity index (χ0v) is 12.0. The van der Waals surface area contributed by atoms with Gasteiger partial charge in [0.15, 0.2) is 0 Å². The average molecular weight is 342 g/mol. The molecule has 2 aromatic carbocycles. The zero-order valence-electron chi connectivity index (χ0n) is 11.2. The first kappa shape index (κ1) is 15.4. The fraction of sp³-hybridized carbons (Fsp3) is 0.0667. The number of rotatable bonds is 2. The number of halogens is 4. The van der Waals surface area contributed by atoms with Crippen LogP contribution in [0.15, 0.2) is 42.5 Å². The molecule has 1 aliphatic rings. The Morgan fingerprint density at radius 1 is 1.13 bits per heavy atom. The topological polar surface area (TPSA) is 52.4 Å². The molecule has 0 N–H and O–H groups in total. The number of Topliss-reactive ketones (excluding diaryl/α,β-unsaturated/α-hetero) is 1. The molecule has 0 atom stereocenters. The second-order valence-electron chi connectivity index (χ2n) is 4.71. The van der Waals surface area contributed by atoms with Crippen LogP contribution in [0.3, 0.4) is 0 Å². The summed E-state index contributed by atoms with van der Waals surface area (Å²) >= 11 is 5.80. The second-order valence-corrected chi connectivity index (χ2v) is 5.15. The Balaban J connectivity index is 2.06. The van der Waals surface area contributed by atoms with Crippen molar-refractivity contribution in [2.45, 2.75) is 6.36 Å². The smallest absolute Gasteiger partial charge is 0.573 e. The van der Waals surface area contributed by atoms with Crippen molar-refractivity contribution in [2.24, 2.45) is 0 Å². The van der Waals surface area contributed by atoms with Crippen LogP contribution in [-0.4, -0.2) is 22.6 Å². The number of ketones is 1. The van der Waals surface area contributed by atoms with Gasteiger partial charge in [-0.2, -0.15) is 4.74 Å². The third-order valence-electron chi connectivity index (χ3n) is 3.18. The van der Waals surface area contributed by atoms with Crippen molar-refractivity contribution in [1.82, 2.24) is 0 Å². The first-order valence-corrected chi connectivity index (χ1v) is 6.69. The molecule has 4 nitrogen and oxygen atoms in total. The second kappa shape index (κ2) is 5.27. The minimum atomic E-state index is -4.86. The van der Waals surface area contributed by atoms with Crippen molar-refractivity contribution in [3.63, 3.8) is 0 Å². The minimum Gasteiger partial charge on any atom is -0.618 e. The Bertz CT molecular complexity index is 846. The molecule has 0 amide bonds. The van der Waals surface area contributed by atoms with Crippen LogP contribution in [0.1, 0.15) is 15.9 Å². The fourth-order valence-corrected chi connectivity index (χ4v) is 2.46. The highest BCUT2D eigenvalue weighted by molar-refractivity contribution is 6.52. The number of carbonyl (C=O) groups is 1. The van der Waals surface area contributed by atoms with E-state index in [4.69, 9.17) is 11.6 Å². The monoisotopic (exact) mass is 341 g/mol. The molecule has 1 aliphatic heterocycles. The Hall–Kier alpha value is -2.54. The quantitative estimate of drug-likeness (QED) is 0.611. The van der Waals surface area contributed by atoms with Gasteiger partial charge in [0, 0.05) is 11.1 Å². The van der Waals surface area contributed by atoms with Crippen molar-refractivity contribution in [1.29, 1.82) is 0 Å². The van der Waals surface area contributed by atoms with E-state index in [1.165, 1.54) is 30.3 Å². The highest BCUT2D eigenvalue weighted by Gasteiger charge is 2.37. The van der Waals surface area contributed by atoms with Gasteiger partial charge >= 0.3 is 6.36 Å². The van der Waals surface area contributed by atoms with Gasteiger partial charge in [0.25, 0.3) is 11.5 Å². The zero-order chi connectivity index (χ0) is 16.8. The van der Waals surface area contributed by atoms with Crippen LogP contribution in [0.25, 0.3) is 0 Å². The van der Waals surface area contributed by atoms with E-state index in [1.54, 1.807) is 0 Å². The van der Waals surface area contributed by atoms with Crippen LogP contribution in [0.5, 0.6) is 5.75 Å². The predicted molar refractivity (Wildman–Crippen MR) is 76.3 cm³/mol. The molecule has 0 saturated carbocycles. The first-order valence-electron chi connectivity index (χ1n) is 6.31. The van der Waals surface area contributed by atoms with Gasteiger partial charge in [-0.05, 0) is 30.3 Å². The van der Waals surface area contributed by atoms with Crippen LogP contribution in [0.4, 0.5) is 18.9 Å². The van der Waals surface area contributed by atoms with E-state index in [2.05, 4.69) is 4.74 Å². The Kier molecular flexibility index (Phi) is 3.52. The molecule has 0 saturated heterocycles. The lowest BCUT2D eigenvalue weighted by molar-refractivity contribution is -0.355. The third kappa shape index (κ3) is 2.87. The standard InChI is InChI=1S/C15H7ClF3NO3/c16-9-4-5-11-12(7-9)20(22)13(14(11)21)8-2-1-3-10(6-8)23-15(17,18)19/h1-7H. The molecule has 0 bridgehead atoms. The lowest BCUT2D eigenvalue weighted by Gasteiger charge is -2.09. The molecular formula is C15H7ClF3NO3. The highest BCUT2D eigenvalue weighted by atomic mass is 35.5. The van der Waals surface area contributed by atoms with Crippen molar-refractivity contribution < 1.29 is 27.4 Å². The summed E-state index contributed by atoms with van der Waals surface area (Å²) in [5.74, 6) is -1.10. The Labute approximate surface area is 133 Å². The van der Waals surface area contributed by atoms with E-state index in [1.807, 2.05) is 0 Å². The molecule has 0 aliphatic carbocycles. The molecule has 0 spiro atoms. The number of fused-ring (bicyclic) bond motifs is 1. The fourth-order valence-electron chi connectivity index (χ4n) is 2.29. The van der Waals surface area contributed by atoms with E-state index in [0.717, 1.165) is 12.1 Å². The Morgan fingerprint density at radius 3 is 2.57 bits per heavy atom. The van der Waals surface area contributed by atoms with Gasteiger partial charge in [-0.1, -0.05) is 17.7 Å². The van der Waals surface area contributed by atoms with Crippen LogP contribution in [0, 0.1) is 5.21 Å². The van der Waals surface area contributed by atoms with Gasteiger partial charge in [0.05, 0.1) is 5.56 Å². The normalized spacial score (nSPS) is 14.2. The number of nitrogens with zero attached hydrogens (tertiary/aromatic N) is 1. The molecule has 0 unspecified atom stereocenters.